The zero-order valence-corrected chi connectivity index (χ0v) is 17.6. The lowest BCUT2D eigenvalue weighted by Gasteiger charge is -2.30. The van der Waals surface area contributed by atoms with Crippen LogP contribution in [-0.4, -0.2) is 56.3 Å². The molecular formula is C13H29BO7P2S. The lowest BCUT2D eigenvalue weighted by molar-refractivity contribution is -0.00716. The molecule has 0 radical (unpaired) electrons. The van der Waals surface area contributed by atoms with Gasteiger partial charge in [0.2, 0.25) is 0 Å². The topological polar surface area (TPSA) is 94.5 Å². The maximum atomic E-state index is 11.7. The van der Waals surface area contributed by atoms with Crippen molar-refractivity contribution in [3.63, 3.8) is 0 Å². The summed E-state index contributed by atoms with van der Waals surface area (Å²) >= 11 is 5.13. The van der Waals surface area contributed by atoms with Crippen molar-refractivity contribution in [1.82, 2.24) is 0 Å². The lowest BCUT2D eigenvalue weighted by Crippen LogP contribution is -2.32. The van der Waals surface area contributed by atoms with E-state index < -0.39 is 20.4 Å². The fourth-order valence-corrected chi connectivity index (χ4v) is 5.87. The number of methoxy groups -OCH3 is 1. The van der Waals surface area contributed by atoms with Gasteiger partial charge in [-0.1, -0.05) is 6.92 Å². The molecule has 1 aliphatic carbocycles. The molecule has 0 aromatic heterocycles. The van der Waals surface area contributed by atoms with Gasteiger partial charge in [-0.2, -0.15) is 0 Å². The highest BCUT2D eigenvalue weighted by Gasteiger charge is 2.45. The standard InChI is InChI=1S/C13H29BO7P2S/c1-5-9(2)20-23(17,24)21-12-10(6-7-22(15,16)19-4)8-11(14)13(12)18-3/h9-13H,5-8,14H2,1-4H3,(H,15,16)(H,17,24)/t9?,10-,11?,12+,13-,23?/m0/s1. The minimum absolute atomic E-state index is 0.0255. The third kappa shape index (κ3) is 6.78. The molecule has 0 bridgehead atoms. The van der Waals surface area contributed by atoms with E-state index in [1.807, 2.05) is 21.7 Å². The molecule has 4 unspecified atom stereocenters. The van der Waals surface area contributed by atoms with E-state index in [1.54, 1.807) is 7.11 Å². The summed E-state index contributed by atoms with van der Waals surface area (Å²) in [6.45, 7) is 0.346. The molecule has 0 aromatic carbocycles. The normalized spacial score (nSPS) is 33.8. The number of hydrogen-bond donors (Lipinski definition) is 2. The molecule has 0 aromatic rings. The van der Waals surface area contributed by atoms with Crippen molar-refractivity contribution in [3.8, 4) is 0 Å². The van der Waals surface area contributed by atoms with Crippen LogP contribution in [-0.2, 0) is 34.7 Å². The zero-order valence-electron chi connectivity index (χ0n) is 15.0. The van der Waals surface area contributed by atoms with E-state index >= 15 is 0 Å². The van der Waals surface area contributed by atoms with Gasteiger partial charge in [-0.15, -0.1) is 0 Å². The van der Waals surface area contributed by atoms with Crippen LogP contribution in [0.4, 0.5) is 0 Å². The Kier molecular flexibility index (Phi) is 9.08. The average molecular weight is 402 g/mol. The number of hydrogen-bond acceptors (Lipinski definition) is 6. The van der Waals surface area contributed by atoms with Gasteiger partial charge in [-0.25, -0.2) is 0 Å². The van der Waals surface area contributed by atoms with Gasteiger partial charge in [0.05, 0.1) is 24.5 Å². The van der Waals surface area contributed by atoms with E-state index in [1.165, 1.54) is 7.11 Å². The summed E-state index contributed by atoms with van der Waals surface area (Å²) in [5, 5.41) is 0. The molecule has 0 heterocycles. The molecule has 1 fully saturated rings. The molecule has 7 atom stereocenters. The van der Waals surface area contributed by atoms with E-state index in [9.17, 15) is 14.4 Å². The molecule has 1 saturated carbocycles. The first kappa shape index (κ1) is 22.7. The Morgan fingerprint density at radius 3 is 2.46 bits per heavy atom. The third-order valence-electron chi connectivity index (χ3n) is 4.51. The zero-order chi connectivity index (χ0) is 18.5. The monoisotopic (exact) mass is 402 g/mol. The Balaban J connectivity index is 2.83. The molecule has 0 saturated heterocycles. The number of rotatable bonds is 10. The molecule has 0 spiro atoms. The predicted octanol–water partition coefficient (Wildman–Crippen LogP) is 2.08. The second-order valence-corrected chi connectivity index (χ2v) is 11.2. The van der Waals surface area contributed by atoms with Gasteiger partial charge < -0.3 is 28.1 Å². The minimum Gasteiger partial charge on any atom is -0.379 e. The Hall–Kier alpha value is 0.705. The Labute approximate surface area is 150 Å². The fourth-order valence-electron chi connectivity index (χ4n) is 3.03. The van der Waals surface area contributed by atoms with Crippen LogP contribution in [0.25, 0.3) is 0 Å². The molecule has 1 aliphatic rings. The van der Waals surface area contributed by atoms with Crippen molar-refractivity contribution < 1.29 is 32.7 Å². The van der Waals surface area contributed by atoms with Crippen molar-refractivity contribution >= 4 is 34.0 Å². The Morgan fingerprint density at radius 1 is 1.33 bits per heavy atom. The Morgan fingerprint density at radius 2 is 1.96 bits per heavy atom. The molecule has 2 N–H and O–H groups in total. The van der Waals surface area contributed by atoms with Gasteiger partial charge >= 0.3 is 14.3 Å². The summed E-state index contributed by atoms with van der Waals surface area (Å²) < 4.78 is 33.1. The first-order chi connectivity index (χ1) is 11.0. The predicted molar refractivity (Wildman–Crippen MR) is 99.7 cm³/mol. The molecule has 11 heteroatoms. The molecule has 0 aliphatic heterocycles. The second kappa shape index (κ2) is 9.59. The summed E-state index contributed by atoms with van der Waals surface area (Å²) in [7, 11) is 1.24. The van der Waals surface area contributed by atoms with Gasteiger partial charge in [0.15, 0.2) is 0 Å². The summed E-state index contributed by atoms with van der Waals surface area (Å²) in [6, 6.07) is 0. The summed E-state index contributed by atoms with van der Waals surface area (Å²) in [6.07, 6.45) is 0.998. The SMILES string of the molecule is BC1C[C@H](CCP(=O)(O)OC)[C@@H](OP(O)(=S)OC(C)CC)[C@H]1OC. The third-order valence-corrected chi connectivity index (χ3v) is 7.55. The Bertz CT molecular complexity index is 495. The van der Waals surface area contributed by atoms with Crippen LogP contribution in [0.3, 0.4) is 0 Å². The average Bonchev–Trinajstić information content (AvgIpc) is 2.79. The lowest BCUT2D eigenvalue weighted by atomic mass is 9.83. The van der Waals surface area contributed by atoms with E-state index in [-0.39, 0.29) is 30.1 Å². The second-order valence-electron chi connectivity index (χ2n) is 6.37. The van der Waals surface area contributed by atoms with E-state index in [4.69, 9.17) is 25.6 Å². The van der Waals surface area contributed by atoms with Crippen LogP contribution in [0.15, 0.2) is 0 Å². The van der Waals surface area contributed by atoms with Gasteiger partial charge in [-0.05, 0) is 49.7 Å². The van der Waals surface area contributed by atoms with Crippen molar-refractivity contribution in [3.05, 3.63) is 0 Å². The molecule has 142 valence electrons. The minimum atomic E-state index is -3.59. The first-order valence-corrected chi connectivity index (χ1v) is 12.5. The summed E-state index contributed by atoms with van der Waals surface area (Å²) in [5.41, 5.74) is 0. The summed E-state index contributed by atoms with van der Waals surface area (Å²) in [4.78, 5) is 20.0. The molecule has 24 heavy (non-hydrogen) atoms. The van der Waals surface area contributed by atoms with Crippen molar-refractivity contribution in [1.29, 1.82) is 0 Å². The van der Waals surface area contributed by atoms with Crippen LogP contribution >= 0.6 is 14.3 Å². The van der Waals surface area contributed by atoms with Crippen molar-refractivity contribution in [2.24, 2.45) is 5.92 Å². The van der Waals surface area contributed by atoms with Crippen LogP contribution < -0.4 is 0 Å². The number of ether oxygens (including phenoxy) is 1. The smallest absolute Gasteiger partial charge is 0.327 e. The van der Waals surface area contributed by atoms with Crippen molar-refractivity contribution in [2.75, 3.05) is 20.4 Å². The van der Waals surface area contributed by atoms with Gasteiger partial charge in [0.25, 0.3) is 0 Å². The highest BCUT2D eigenvalue weighted by atomic mass is 32.5. The molecule has 7 nitrogen and oxygen atoms in total. The maximum absolute atomic E-state index is 11.7. The summed E-state index contributed by atoms with van der Waals surface area (Å²) in [5.74, 6) is 0.125. The first-order valence-electron chi connectivity index (χ1n) is 8.15. The van der Waals surface area contributed by atoms with Crippen LogP contribution in [0.5, 0.6) is 0 Å². The van der Waals surface area contributed by atoms with E-state index in [0.717, 1.165) is 6.42 Å². The van der Waals surface area contributed by atoms with E-state index in [0.29, 0.717) is 12.8 Å². The van der Waals surface area contributed by atoms with Gasteiger partial charge in [0, 0.05) is 14.2 Å². The quantitative estimate of drug-likeness (QED) is 0.424. The molecule has 1 rings (SSSR count). The van der Waals surface area contributed by atoms with Crippen LogP contribution in [0.1, 0.15) is 33.1 Å². The highest BCUT2D eigenvalue weighted by molar-refractivity contribution is 8.07. The van der Waals surface area contributed by atoms with Crippen molar-refractivity contribution in [2.45, 2.75) is 57.2 Å². The molecule has 0 amide bonds. The van der Waals surface area contributed by atoms with Gasteiger partial charge in [0.1, 0.15) is 7.85 Å². The fraction of sp³-hybridized carbons (Fsp3) is 1.00. The van der Waals surface area contributed by atoms with Crippen LogP contribution in [0.2, 0.25) is 5.82 Å². The van der Waals surface area contributed by atoms with E-state index in [2.05, 4.69) is 4.52 Å². The highest BCUT2D eigenvalue weighted by Crippen LogP contribution is 2.53. The maximum Gasteiger partial charge on any atom is 0.327 e. The van der Waals surface area contributed by atoms with Crippen LogP contribution in [0, 0.1) is 5.92 Å². The van der Waals surface area contributed by atoms with Gasteiger partial charge in [-0.3, -0.25) is 4.57 Å². The largest absolute Gasteiger partial charge is 0.379 e. The molecular weight excluding hydrogens is 373 g/mol.